The molecule has 0 radical (unpaired) electrons. The highest BCUT2D eigenvalue weighted by Gasteiger charge is 2.17. The monoisotopic (exact) mass is 394 g/mol. The van der Waals surface area contributed by atoms with E-state index in [0.717, 1.165) is 16.7 Å². The van der Waals surface area contributed by atoms with Gasteiger partial charge in [-0.25, -0.2) is 8.42 Å². The Morgan fingerprint density at radius 1 is 1.12 bits per heavy atom. The summed E-state index contributed by atoms with van der Waals surface area (Å²) in [6.07, 6.45) is 1.41. The molecular weight excluding hydrogens is 372 g/mol. The molecule has 0 aliphatic rings. The lowest BCUT2D eigenvalue weighted by Crippen LogP contribution is -2.38. The summed E-state index contributed by atoms with van der Waals surface area (Å²) in [4.78, 5) is 12.0. The number of carbonyl (C=O) groups is 1. The van der Waals surface area contributed by atoms with Gasteiger partial charge in [0.1, 0.15) is 0 Å². The third kappa shape index (κ3) is 6.44. The van der Waals surface area contributed by atoms with Crippen molar-refractivity contribution in [3.63, 3.8) is 0 Å². The molecule has 0 aromatic heterocycles. The van der Waals surface area contributed by atoms with E-state index in [4.69, 9.17) is 11.6 Å². The average molecular weight is 395 g/mol. The van der Waals surface area contributed by atoms with Crippen molar-refractivity contribution >= 4 is 27.5 Å². The summed E-state index contributed by atoms with van der Waals surface area (Å²) in [5, 5.41) is 3.39. The van der Waals surface area contributed by atoms with Crippen molar-refractivity contribution < 1.29 is 13.2 Å². The van der Waals surface area contributed by atoms with Crippen molar-refractivity contribution in [2.45, 2.75) is 19.9 Å². The van der Waals surface area contributed by atoms with Gasteiger partial charge in [0.05, 0.1) is 12.7 Å². The Labute approximate surface area is 160 Å². The topological polar surface area (TPSA) is 66.5 Å². The summed E-state index contributed by atoms with van der Waals surface area (Å²) in [5.74, 6) is -0.156. The van der Waals surface area contributed by atoms with Gasteiger partial charge in [0.15, 0.2) is 0 Å². The fraction of sp³-hybridized carbons (Fsp3) is 0.316. The molecule has 0 saturated carbocycles. The van der Waals surface area contributed by atoms with E-state index in [9.17, 15) is 13.2 Å². The zero-order valence-electron chi connectivity index (χ0n) is 14.9. The highest BCUT2D eigenvalue weighted by Crippen LogP contribution is 2.13. The minimum absolute atomic E-state index is 0.156. The van der Waals surface area contributed by atoms with Gasteiger partial charge in [-0.15, -0.1) is 0 Å². The molecule has 26 heavy (non-hydrogen) atoms. The third-order valence-electron chi connectivity index (χ3n) is 4.04. The first-order valence-corrected chi connectivity index (χ1v) is 10.5. The number of benzene rings is 2. The molecule has 0 saturated heterocycles. The quantitative estimate of drug-likeness (QED) is 0.748. The number of nitrogens with zero attached hydrogens (tertiary/aromatic N) is 1. The molecule has 0 aliphatic heterocycles. The Bertz CT molecular complexity index is 851. The summed E-state index contributed by atoms with van der Waals surface area (Å²) in [7, 11) is -3.37. The number of carbonyl (C=O) groups excluding carboxylic acids is 1. The second kappa shape index (κ2) is 9.16. The van der Waals surface area contributed by atoms with Crippen molar-refractivity contribution in [1.82, 2.24) is 9.62 Å². The predicted octanol–water partition coefficient (Wildman–Crippen LogP) is 2.77. The second-order valence-electron chi connectivity index (χ2n) is 6.18. The minimum Gasteiger partial charge on any atom is -0.354 e. The number of hydrogen-bond donors (Lipinski definition) is 1. The van der Waals surface area contributed by atoms with Crippen LogP contribution in [0.4, 0.5) is 0 Å². The third-order valence-corrected chi connectivity index (χ3v) is 5.54. The molecule has 1 amide bonds. The molecule has 140 valence electrons. The number of halogens is 1. The molecule has 5 nitrogen and oxygen atoms in total. The van der Waals surface area contributed by atoms with Crippen LogP contribution in [-0.4, -0.2) is 38.0 Å². The van der Waals surface area contributed by atoms with Crippen LogP contribution in [0.15, 0.2) is 48.5 Å². The van der Waals surface area contributed by atoms with Gasteiger partial charge in [0.25, 0.3) is 0 Å². The number of amides is 1. The van der Waals surface area contributed by atoms with E-state index >= 15 is 0 Å². The lowest BCUT2D eigenvalue weighted by Gasteiger charge is -2.21. The van der Waals surface area contributed by atoms with E-state index in [-0.39, 0.29) is 25.4 Å². The first-order chi connectivity index (χ1) is 12.3. The molecule has 0 bridgehead atoms. The molecule has 7 heteroatoms. The lowest BCUT2D eigenvalue weighted by molar-refractivity contribution is -0.120. The summed E-state index contributed by atoms with van der Waals surface area (Å²) in [5.41, 5.74) is 2.84. The average Bonchev–Trinajstić information content (AvgIpc) is 2.57. The van der Waals surface area contributed by atoms with Crippen LogP contribution in [0.3, 0.4) is 0 Å². The maximum atomic E-state index is 12.0. The summed E-state index contributed by atoms with van der Waals surface area (Å²) >= 11 is 5.82. The fourth-order valence-electron chi connectivity index (χ4n) is 2.51. The van der Waals surface area contributed by atoms with E-state index in [1.807, 2.05) is 31.2 Å². The van der Waals surface area contributed by atoms with Gasteiger partial charge in [0.2, 0.25) is 15.9 Å². The first kappa shape index (κ1) is 20.4. The zero-order valence-corrected chi connectivity index (χ0v) is 16.5. The fourth-order valence-corrected chi connectivity index (χ4v) is 3.43. The van der Waals surface area contributed by atoms with Crippen molar-refractivity contribution in [2.24, 2.45) is 0 Å². The van der Waals surface area contributed by atoms with E-state index in [1.165, 1.54) is 10.6 Å². The highest BCUT2D eigenvalue weighted by molar-refractivity contribution is 7.88. The van der Waals surface area contributed by atoms with Crippen LogP contribution in [0.5, 0.6) is 0 Å². The van der Waals surface area contributed by atoms with E-state index < -0.39 is 10.0 Å². The van der Waals surface area contributed by atoms with Crippen molar-refractivity contribution in [3.8, 4) is 0 Å². The molecule has 1 N–H and O–H groups in total. The van der Waals surface area contributed by atoms with Crippen LogP contribution < -0.4 is 5.32 Å². The maximum Gasteiger partial charge on any atom is 0.224 e. The Kier molecular flexibility index (Phi) is 7.20. The lowest BCUT2D eigenvalue weighted by atomic mass is 10.1. The van der Waals surface area contributed by atoms with Gasteiger partial charge in [0, 0.05) is 24.7 Å². The van der Waals surface area contributed by atoms with Crippen LogP contribution in [0.25, 0.3) is 0 Å². The second-order valence-corrected chi connectivity index (χ2v) is 8.60. The molecule has 0 fully saturated rings. The minimum atomic E-state index is -3.37. The molecule has 0 aliphatic carbocycles. The molecule has 0 unspecified atom stereocenters. The molecule has 2 aromatic carbocycles. The van der Waals surface area contributed by atoms with E-state index in [1.54, 1.807) is 24.3 Å². The maximum absolute atomic E-state index is 12.0. The van der Waals surface area contributed by atoms with Gasteiger partial charge in [-0.3, -0.25) is 4.79 Å². The standard InChI is InChI=1S/C19H23ClN2O3S/c1-15-5-3-4-6-17(15)14-22(26(2,24)25)12-11-21-19(23)13-16-7-9-18(20)10-8-16/h3-10H,11-14H2,1-2H3,(H,21,23). The number of nitrogens with one attached hydrogen (secondary N) is 1. The van der Waals surface area contributed by atoms with Gasteiger partial charge in [-0.2, -0.15) is 4.31 Å². The number of sulfonamides is 1. The Morgan fingerprint density at radius 3 is 2.38 bits per heavy atom. The Hall–Kier alpha value is -1.89. The van der Waals surface area contributed by atoms with E-state index in [2.05, 4.69) is 5.32 Å². The van der Waals surface area contributed by atoms with Gasteiger partial charge < -0.3 is 5.32 Å². The molecule has 0 heterocycles. The predicted molar refractivity (Wildman–Crippen MR) is 105 cm³/mol. The Morgan fingerprint density at radius 2 is 1.77 bits per heavy atom. The van der Waals surface area contributed by atoms with Crippen molar-refractivity contribution in [2.75, 3.05) is 19.3 Å². The number of rotatable bonds is 8. The summed E-state index contributed by atoms with van der Waals surface area (Å²) < 4.78 is 25.5. The molecule has 0 atom stereocenters. The zero-order chi connectivity index (χ0) is 19.2. The van der Waals surface area contributed by atoms with Crippen LogP contribution in [0.1, 0.15) is 16.7 Å². The van der Waals surface area contributed by atoms with E-state index in [0.29, 0.717) is 11.6 Å². The molecule has 2 rings (SSSR count). The smallest absolute Gasteiger partial charge is 0.224 e. The van der Waals surface area contributed by atoms with Crippen LogP contribution in [0.2, 0.25) is 5.02 Å². The van der Waals surface area contributed by atoms with Gasteiger partial charge in [-0.1, -0.05) is 48.0 Å². The van der Waals surface area contributed by atoms with Crippen LogP contribution in [0, 0.1) is 6.92 Å². The number of hydrogen-bond acceptors (Lipinski definition) is 3. The normalized spacial score (nSPS) is 11.5. The largest absolute Gasteiger partial charge is 0.354 e. The summed E-state index contributed by atoms with van der Waals surface area (Å²) in [6.45, 7) is 2.72. The van der Waals surface area contributed by atoms with Gasteiger partial charge in [-0.05, 0) is 35.7 Å². The Balaban J connectivity index is 1.90. The van der Waals surface area contributed by atoms with Crippen LogP contribution in [-0.2, 0) is 27.8 Å². The summed E-state index contributed by atoms with van der Waals surface area (Å²) in [6, 6.07) is 14.7. The van der Waals surface area contributed by atoms with Gasteiger partial charge >= 0.3 is 0 Å². The SMILES string of the molecule is Cc1ccccc1CN(CCNC(=O)Cc1ccc(Cl)cc1)S(C)(=O)=O. The van der Waals surface area contributed by atoms with Crippen LogP contribution >= 0.6 is 11.6 Å². The molecule has 0 spiro atoms. The van der Waals surface area contributed by atoms with Crippen molar-refractivity contribution in [1.29, 1.82) is 0 Å². The molecule has 2 aromatic rings. The highest BCUT2D eigenvalue weighted by atomic mass is 35.5. The van der Waals surface area contributed by atoms with Crippen molar-refractivity contribution in [3.05, 3.63) is 70.2 Å². The molecular formula is C19H23ClN2O3S. The first-order valence-electron chi connectivity index (χ1n) is 8.26. The number of aryl methyl sites for hydroxylation is 1.